The first-order valence-electron chi connectivity index (χ1n) is 12.8. The highest BCUT2D eigenvalue weighted by Crippen LogP contribution is 2.41. The van der Waals surface area contributed by atoms with Gasteiger partial charge in [0.05, 0.1) is 13.7 Å². The molecule has 0 unspecified atom stereocenters. The molecule has 9 heteroatoms. The molecule has 0 aromatic heterocycles. The Kier molecular flexibility index (Phi) is 10.8. The fourth-order valence-corrected chi connectivity index (χ4v) is 4.81. The summed E-state index contributed by atoms with van der Waals surface area (Å²) in [7, 11) is 1.67. The SMILES string of the molecule is COc1ccccc1OCCCN1CCC(C(O)(c2ccccc2)c2ccccc2)CC1.O=C(O)C(F)(F)F. The lowest BCUT2D eigenvalue weighted by atomic mass is 9.72. The molecule has 4 rings (SSSR count). The molecule has 2 N–H and O–H groups in total. The molecule has 0 radical (unpaired) electrons. The van der Waals surface area contributed by atoms with E-state index >= 15 is 0 Å². The van der Waals surface area contributed by atoms with E-state index in [1.807, 2.05) is 60.7 Å². The lowest BCUT2D eigenvalue weighted by molar-refractivity contribution is -0.192. The summed E-state index contributed by atoms with van der Waals surface area (Å²) in [6.07, 6.45) is -2.19. The van der Waals surface area contributed by atoms with Gasteiger partial charge in [0.2, 0.25) is 0 Å². The predicted molar refractivity (Wildman–Crippen MR) is 142 cm³/mol. The molecule has 0 amide bonds. The molecule has 1 aliphatic heterocycles. The quantitative estimate of drug-likeness (QED) is 0.334. The van der Waals surface area contributed by atoms with Gasteiger partial charge in [-0.15, -0.1) is 0 Å². The molecule has 0 saturated carbocycles. The number of nitrogens with zero attached hydrogens (tertiary/aromatic N) is 1. The molecular formula is C30H34F3NO5. The van der Waals surface area contributed by atoms with Crippen molar-refractivity contribution in [3.05, 3.63) is 96.1 Å². The summed E-state index contributed by atoms with van der Waals surface area (Å²) in [5.41, 5.74) is 1.01. The lowest BCUT2D eigenvalue weighted by Crippen LogP contribution is -2.44. The monoisotopic (exact) mass is 545 g/mol. The highest BCUT2D eigenvalue weighted by molar-refractivity contribution is 5.73. The zero-order chi connectivity index (χ0) is 28.3. The summed E-state index contributed by atoms with van der Waals surface area (Å²) in [6, 6.07) is 28.0. The van der Waals surface area contributed by atoms with Gasteiger partial charge in [-0.25, -0.2) is 4.79 Å². The van der Waals surface area contributed by atoms with Crippen LogP contribution in [-0.4, -0.2) is 60.6 Å². The van der Waals surface area contributed by atoms with Crippen LogP contribution in [0.4, 0.5) is 13.2 Å². The Balaban J connectivity index is 0.000000532. The predicted octanol–water partition coefficient (Wildman–Crippen LogP) is 5.75. The van der Waals surface area contributed by atoms with Gasteiger partial charge in [-0.05, 0) is 61.5 Å². The van der Waals surface area contributed by atoms with Crippen LogP contribution in [-0.2, 0) is 10.4 Å². The average Bonchev–Trinajstić information content (AvgIpc) is 2.96. The fraction of sp³-hybridized carbons (Fsp3) is 0.367. The van der Waals surface area contributed by atoms with Crippen LogP contribution in [0.5, 0.6) is 11.5 Å². The number of para-hydroxylation sites is 2. The van der Waals surface area contributed by atoms with E-state index in [4.69, 9.17) is 19.4 Å². The molecule has 0 spiro atoms. The Bertz CT molecular complexity index is 1110. The highest BCUT2D eigenvalue weighted by Gasteiger charge is 2.41. The summed E-state index contributed by atoms with van der Waals surface area (Å²) in [5, 5.41) is 19.1. The first kappa shape index (κ1) is 30.0. The molecule has 210 valence electrons. The summed E-state index contributed by atoms with van der Waals surface area (Å²) < 4.78 is 43.0. The van der Waals surface area contributed by atoms with Gasteiger partial charge in [-0.1, -0.05) is 72.8 Å². The van der Waals surface area contributed by atoms with E-state index in [1.54, 1.807) is 7.11 Å². The molecule has 0 bridgehead atoms. The van der Waals surface area contributed by atoms with Crippen LogP contribution in [0.25, 0.3) is 0 Å². The minimum absolute atomic E-state index is 0.188. The molecule has 3 aromatic rings. The third-order valence-electron chi connectivity index (χ3n) is 6.79. The van der Waals surface area contributed by atoms with Gasteiger partial charge in [-0.2, -0.15) is 13.2 Å². The van der Waals surface area contributed by atoms with Gasteiger partial charge in [0, 0.05) is 6.54 Å². The van der Waals surface area contributed by atoms with Crippen LogP contribution in [0.1, 0.15) is 30.4 Å². The van der Waals surface area contributed by atoms with Crippen molar-refractivity contribution in [1.29, 1.82) is 0 Å². The molecular weight excluding hydrogens is 511 g/mol. The Morgan fingerprint density at radius 1 is 0.872 bits per heavy atom. The number of ether oxygens (including phenoxy) is 2. The first-order chi connectivity index (χ1) is 18.7. The van der Waals surface area contributed by atoms with Crippen molar-refractivity contribution in [2.75, 3.05) is 33.4 Å². The van der Waals surface area contributed by atoms with E-state index in [0.717, 1.165) is 61.5 Å². The molecule has 39 heavy (non-hydrogen) atoms. The molecule has 1 aliphatic rings. The number of rotatable bonds is 9. The third kappa shape index (κ3) is 8.21. The van der Waals surface area contributed by atoms with E-state index in [1.165, 1.54) is 0 Å². The number of alkyl halides is 3. The first-order valence-corrected chi connectivity index (χ1v) is 12.8. The van der Waals surface area contributed by atoms with E-state index < -0.39 is 17.7 Å². The Labute approximate surface area is 226 Å². The number of likely N-dealkylation sites (tertiary alicyclic amines) is 1. The molecule has 1 fully saturated rings. The van der Waals surface area contributed by atoms with Crippen molar-refractivity contribution in [3.8, 4) is 11.5 Å². The number of hydrogen-bond acceptors (Lipinski definition) is 5. The lowest BCUT2D eigenvalue weighted by Gasteiger charge is -2.42. The number of aliphatic hydroxyl groups is 1. The van der Waals surface area contributed by atoms with Crippen molar-refractivity contribution in [2.24, 2.45) is 5.92 Å². The molecule has 1 heterocycles. The minimum Gasteiger partial charge on any atom is -0.493 e. The van der Waals surface area contributed by atoms with Gasteiger partial charge in [0.15, 0.2) is 11.5 Å². The maximum Gasteiger partial charge on any atom is 0.490 e. The maximum atomic E-state index is 12.0. The van der Waals surface area contributed by atoms with E-state index in [2.05, 4.69) is 29.2 Å². The topological polar surface area (TPSA) is 79.2 Å². The summed E-state index contributed by atoms with van der Waals surface area (Å²) >= 11 is 0. The van der Waals surface area contributed by atoms with Gasteiger partial charge in [0.1, 0.15) is 5.60 Å². The number of carboxylic acids is 1. The molecule has 1 saturated heterocycles. The number of piperidine rings is 1. The molecule has 6 nitrogen and oxygen atoms in total. The average molecular weight is 546 g/mol. The second kappa shape index (κ2) is 14.0. The number of hydrogen-bond donors (Lipinski definition) is 2. The third-order valence-corrected chi connectivity index (χ3v) is 6.79. The van der Waals surface area contributed by atoms with Crippen LogP contribution in [0.2, 0.25) is 0 Å². The number of benzene rings is 3. The highest BCUT2D eigenvalue weighted by atomic mass is 19.4. The Hall–Kier alpha value is -3.56. The van der Waals surface area contributed by atoms with E-state index in [0.29, 0.717) is 6.61 Å². The van der Waals surface area contributed by atoms with E-state index in [-0.39, 0.29) is 5.92 Å². The summed E-state index contributed by atoms with van der Waals surface area (Å²) in [4.78, 5) is 11.4. The number of aliphatic carboxylic acids is 1. The Morgan fingerprint density at radius 2 is 1.33 bits per heavy atom. The van der Waals surface area contributed by atoms with Crippen LogP contribution in [0.3, 0.4) is 0 Å². The van der Waals surface area contributed by atoms with Gasteiger partial charge in [-0.3, -0.25) is 0 Å². The minimum atomic E-state index is -5.08. The fourth-order valence-electron chi connectivity index (χ4n) is 4.81. The zero-order valence-corrected chi connectivity index (χ0v) is 21.8. The normalized spacial score (nSPS) is 14.7. The zero-order valence-electron chi connectivity index (χ0n) is 21.8. The molecule has 0 atom stereocenters. The smallest absolute Gasteiger partial charge is 0.490 e. The second-order valence-electron chi connectivity index (χ2n) is 9.27. The van der Waals surface area contributed by atoms with Crippen molar-refractivity contribution in [1.82, 2.24) is 4.90 Å². The summed E-state index contributed by atoms with van der Waals surface area (Å²) in [5.74, 6) is -1.00. The Morgan fingerprint density at radius 3 is 1.79 bits per heavy atom. The number of carboxylic acid groups (broad SMARTS) is 1. The van der Waals surface area contributed by atoms with Crippen LogP contribution >= 0.6 is 0 Å². The van der Waals surface area contributed by atoms with Crippen LogP contribution in [0, 0.1) is 5.92 Å². The summed E-state index contributed by atoms with van der Waals surface area (Å²) in [6.45, 7) is 3.64. The number of carbonyl (C=O) groups is 1. The van der Waals surface area contributed by atoms with Gasteiger partial charge >= 0.3 is 12.1 Å². The van der Waals surface area contributed by atoms with Gasteiger partial charge in [0.25, 0.3) is 0 Å². The van der Waals surface area contributed by atoms with Crippen molar-refractivity contribution >= 4 is 5.97 Å². The number of halogens is 3. The molecule has 3 aromatic carbocycles. The maximum absolute atomic E-state index is 12.0. The van der Waals surface area contributed by atoms with Gasteiger partial charge < -0.3 is 24.6 Å². The largest absolute Gasteiger partial charge is 0.493 e. The second-order valence-corrected chi connectivity index (χ2v) is 9.27. The number of methoxy groups -OCH3 is 1. The standard InChI is InChI=1S/C28H33NO3.C2HF3O2/c1-31-26-15-8-9-16-27(26)32-22-10-19-29-20-17-25(18-21-29)28(30,23-11-4-2-5-12-23)24-13-6-3-7-14-24;3-2(4,5)1(6)7/h2-9,11-16,25,30H,10,17-22H2,1H3;(H,6,7). The van der Waals surface area contributed by atoms with E-state index in [9.17, 15) is 18.3 Å². The van der Waals surface area contributed by atoms with Crippen molar-refractivity contribution < 1.29 is 37.7 Å². The van der Waals surface area contributed by atoms with Crippen LogP contribution in [0.15, 0.2) is 84.9 Å². The van der Waals surface area contributed by atoms with Crippen LogP contribution < -0.4 is 9.47 Å². The molecule has 0 aliphatic carbocycles. The van der Waals surface area contributed by atoms with Crippen molar-refractivity contribution in [2.45, 2.75) is 31.0 Å². The van der Waals surface area contributed by atoms with Crippen molar-refractivity contribution in [3.63, 3.8) is 0 Å².